The molecule has 3 rings (SSSR count). The van der Waals surface area contributed by atoms with Gasteiger partial charge < -0.3 is 10.4 Å². The predicted molar refractivity (Wildman–Crippen MR) is 84.1 cm³/mol. The number of carbonyl (C=O) groups excluding carboxylic acids is 2. The standard InChI is InChI=1S/C17H15N3O4/c1-17(12-6-4-8-18-9-12)15(23)20(16(24)19-17)10-11-5-2-3-7-13(11)14(21)22/h2-9H,10H2,1H3,(H,19,24)(H,21,22). The number of hydrogen-bond acceptors (Lipinski definition) is 4. The molecular weight excluding hydrogens is 310 g/mol. The molecule has 1 saturated heterocycles. The van der Waals surface area contributed by atoms with Crippen LogP contribution < -0.4 is 5.32 Å². The first-order chi connectivity index (χ1) is 11.4. The molecule has 2 N–H and O–H groups in total. The third kappa shape index (κ3) is 2.50. The number of carboxylic acid groups (broad SMARTS) is 1. The number of imide groups is 1. The molecule has 1 aromatic heterocycles. The molecular formula is C17H15N3O4. The summed E-state index contributed by atoms with van der Waals surface area (Å²) in [6, 6.07) is 9.12. The smallest absolute Gasteiger partial charge is 0.336 e. The van der Waals surface area contributed by atoms with Gasteiger partial charge in [0.15, 0.2) is 0 Å². The third-order valence-electron chi connectivity index (χ3n) is 4.09. The van der Waals surface area contributed by atoms with Crippen molar-refractivity contribution in [3.05, 3.63) is 65.5 Å². The van der Waals surface area contributed by atoms with E-state index in [0.717, 1.165) is 4.90 Å². The molecule has 0 aliphatic carbocycles. The van der Waals surface area contributed by atoms with Gasteiger partial charge in [-0.1, -0.05) is 24.3 Å². The van der Waals surface area contributed by atoms with Crippen molar-refractivity contribution in [2.45, 2.75) is 19.0 Å². The Morgan fingerprint density at radius 3 is 2.67 bits per heavy atom. The fraction of sp³-hybridized carbons (Fsp3) is 0.176. The maximum absolute atomic E-state index is 12.8. The van der Waals surface area contributed by atoms with Crippen LogP contribution in [0, 0.1) is 0 Å². The summed E-state index contributed by atoms with van der Waals surface area (Å²) < 4.78 is 0. The van der Waals surface area contributed by atoms with Gasteiger partial charge in [0.25, 0.3) is 5.91 Å². The predicted octanol–water partition coefficient (Wildman–Crippen LogP) is 1.75. The van der Waals surface area contributed by atoms with Crippen LogP contribution in [0.25, 0.3) is 0 Å². The maximum Gasteiger partial charge on any atom is 0.336 e. The normalized spacial score (nSPS) is 20.1. The van der Waals surface area contributed by atoms with Crippen molar-refractivity contribution >= 4 is 17.9 Å². The van der Waals surface area contributed by atoms with Gasteiger partial charge in [-0.25, -0.2) is 9.59 Å². The first-order valence-electron chi connectivity index (χ1n) is 7.29. The molecule has 122 valence electrons. The number of hydrogen-bond donors (Lipinski definition) is 2. The van der Waals surface area contributed by atoms with E-state index in [4.69, 9.17) is 0 Å². The second kappa shape index (κ2) is 5.77. The summed E-state index contributed by atoms with van der Waals surface area (Å²) in [5.41, 5.74) is -0.196. The van der Waals surface area contributed by atoms with Crippen LogP contribution in [0.2, 0.25) is 0 Å². The minimum atomic E-state index is -1.22. The zero-order chi connectivity index (χ0) is 17.3. The summed E-state index contributed by atoms with van der Waals surface area (Å²) in [5.74, 6) is -1.55. The number of benzene rings is 1. The molecule has 7 nitrogen and oxygen atoms in total. The summed E-state index contributed by atoms with van der Waals surface area (Å²) in [7, 11) is 0. The lowest BCUT2D eigenvalue weighted by Gasteiger charge is -2.21. The molecule has 1 aromatic carbocycles. The Balaban J connectivity index is 1.93. The molecule has 1 fully saturated rings. The lowest BCUT2D eigenvalue weighted by atomic mass is 9.93. The highest BCUT2D eigenvalue weighted by Gasteiger charge is 2.49. The van der Waals surface area contributed by atoms with E-state index in [1.165, 1.54) is 12.3 Å². The maximum atomic E-state index is 12.8. The van der Waals surface area contributed by atoms with E-state index >= 15 is 0 Å². The Bertz CT molecular complexity index is 822. The molecule has 7 heteroatoms. The first-order valence-corrected chi connectivity index (χ1v) is 7.29. The van der Waals surface area contributed by atoms with Crippen molar-refractivity contribution in [2.75, 3.05) is 0 Å². The number of pyridine rings is 1. The highest BCUT2D eigenvalue weighted by molar-refractivity contribution is 6.07. The van der Waals surface area contributed by atoms with Gasteiger partial charge in [-0.2, -0.15) is 0 Å². The van der Waals surface area contributed by atoms with Crippen LogP contribution in [-0.4, -0.2) is 32.9 Å². The number of aromatic carboxylic acids is 1. The average Bonchev–Trinajstić information content (AvgIpc) is 2.80. The second-order valence-electron chi connectivity index (χ2n) is 5.65. The molecule has 2 aromatic rings. The van der Waals surface area contributed by atoms with Gasteiger partial charge in [-0.3, -0.25) is 14.7 Å². The largest absolute Gasteiger partial charge is 0.478 e. The molecule has 1 aliphatic heterocycles. The minimum Gasteiger partial charge on any atom is -0.478 e. The van der Waals surface area contributed by atoms with E-state index in [1.807, 2.05) is 0 Å². The Kier molecular flexibility index (Phi) is 3.76. The van der Waals surface area contributed by atoms with E-state index in [2.05, 4.69) is 10.3 Å². The first kappa shape index (κ1) is 15.7. The highest BCUT2D eigenvalue weighted by atomic mass is 16.4. The van der Waals surface area contributed by atoms with Crippen molar-refractivity contribution in [3.63, 3.8) is 0 Å². The van der Waals surface area contributed by atoms with Crippen LogP contribution in [0.15, 0.2) is 48.8 Å². The van der Waals surface area contributed by atoms with Crippen LogP contribution in [0.5, 0.6) is 0 Å². The van der Waals surface area contributed by atoms with Crippen molar-refractivity contribution in [3.8, 4) is 0 Å². The van der Waals surface area contributed by atoms with E-state index < -0.39 is 23.4 Å². The van der Waals surface area contributed by atoms with Gasteiger partial charge in [-0.05, 0) is 24.6 Å². The van der Waals surface area contributed by atoms with Crippen molar-refractivity contribution < 1.29 is 19.5 Å². The monoisotopic (exact) mass is 325 g/mol. The van der Waals surface area contributed by atoms with Gasteiger partial charge in [0.05, 0.1) is 12.1 Å². The number of carbonyl (C=O) groups is 3. The fourth-order valence-electron chi connectivity index (χ4n) is 2.73. The van der Waals surface area contributed by atoms with Gasteiger partial charge in [-0.15, -0.1) is 0 Å². The average molecular weight is 325 g/mol. The van der Waals surface area contributed by atoms with Crippen LogP contribution in [0.1, 0.15) is 28.4 Å². The molecule has 1 atom stereocenters. The lowest BCUT2D eigenvalue weighted by molar-refractivity contribution is -0.131. The summed E-state index contributed by atoms with van der Waals surface area (Å²) in [5, 5.41) is 11.9. The highest BCUT2D eigenvalue weighted by Crippen LogP contribution is 2.29. The van der Waals surface area contributed by atoms with E-state index in [1.54, 1.807) is 43.5 Å². The Morgan fingerprint density at radius 1 is 1.25 bits per heavy atom. The number of carboxylic acids is 1. The minimum absolute atomic E-state index is 0.0630. The third-order valence-corrected chi connectivity index (χ3v) is 4.09. The Morgan fingerprint density at radius 2 is 2.00 bits per heavy atom. The van der Waals surface area contributed by atoms with E-state index in [-0.39, 0.29) is 12.1 Å². The molecule has 24 heavy (non-hydrogen) atoms. The van der Waals surface area contributed by atoms with Crippen LogP contribution in [0.3, 0.4) is 0 Å². The quantitative estimate of drug-likeness (QED) is 0.834. The Hall–Kier alpha value is -3.22. The molecule has 0 saturated carbocycles. The molecule has 1 aliphatic rings. The summed E-state index contributed by atoms with van der Waals surface area (Å²) in [6.07, 6.45) is 3.10. The van der Waals surface area contributed by atoms with E-state index in [0.29, 0.717) is 11.1 Å². The zero-order valence-electron chi connectivity index (χ0n) is 12.9. The number of amides is 3. The van der Waals surface area contributed by atoms with Gasteiger partial charge >= 0.3 is 12.0 Å². The van der Waals surface area contributed by atoms with Gasteiger partial charge in [0.1, 0.15) is 5.54 Å². The molecule has 0 spiro atoms. The second-order valence-corrected chi connectivity index (χ2v) is 5.65. The number of aromatic nitrogens is 1. The van der Waals surface area contributed by atoms with Gasteiger partial charge in [0, 0.05) is 18.0 Å². The molecule has 3 amide bonds. The van der Waals surface area contributed by atoms with Crippen molar-refractivity contribution in [2.24, 2.45) is 0 Å². The number of rotatable bonds is 4. The lowest BCUT2D eigenvalue weighted by Crippen LogP contribution is -2.40. The SMILES string of the molecule is CC1(c2cccnc2)NC(=O)N(Cc2ccccc2C(=O)O)C1=O. The molecule has 1 unspecified atom stereocenters. The topological polar surface area (TPSA) is 99.6 Å². The number of nitrogens with one attached hydrogen (secondary N) is 1. The van der Waals surface area contributed by atoms with Gasteiger partial charge in [0.2, 0.25) is 0 Å². The zero-order valence-corrected chi connectivity index (χ0v) is 12.9. The summed E-state index contributed by atoms with van der Waals surface area (Å²) in [4.78, 5) is 41.4. The molecule has 0 radical (unpaired) electrons. The van der Waals surface area contributed by atoms with E-state index in [9.17, 15) is 19.5 Å². The Labute approximate surface area is 137 Å². The molecule has 2 heterocycles. The number of nitrogens with zero attached hydrogens (tertiary/aromatic N) is 2. The fourth-order valence-corrected chi connectivity index (χ4v) is 2.73. The van der Waals surface area contributed by atoms with Crippen LogP contribution >= 0.6 is 0 Å². The van der Waals surface area contributed by atoms with Crippen molar-refractivity contribution in [1.82, 2.24) is 15.2 Å². The summed E-state index contributed by atoms with van der Waals surface area (Å²) >= 11 is 0. The van der Waals surface area contributed by atoms with Crippen molar-refractivity contribution in [1.29, 1.82) is 0 Å². The van der Waals surface area contributed by atoms with Crippen LogP contribution in [-0.2, 0) is 16.9 Å². The number of urea groups is 1. The van der Waals surface area contributed by atoms with Crippen LogP contribution in [0.4, 0.5) is 4.79 Å². The molecule has 0 bridgehead atoms. The summed E-state index contributed by atoms with van der Waals surface area (Å²) in [6.45, 7) is 1.50.